The van der Waals surface area contributed by atoms with Crippen molar-refractivity contribution in [2.75, 3.05) is 13.1 Å². The summed E-state index contributed by atoms with van der Waals surface area (Å²) in [5.74, 6) is 0.708. The average Bonchev–Trinajstić information content (AvgIpc) is 3.26. The van der Waals surface area contributed by atoms with Crippen LogP contribution in [0.3, 0.4) is 0 Å². The van der Waals surface area contributed by atoms with Crippen LogP contribution in [0, 0.1) is 11.8 Å². The molecular weight excluding hydrogens is 490 g/mol. The monoisotopic (exact) mass is 520 g/mol. The SMILES string of the molecule is CC(C)(C)c1nc(CNCC2CCC(CNC(=O)c3cc(C(F)(F)F)cc(C(F)(F)F)c3)CC2)no1. The molecule has 0 spiro atoms. The molecule has 0 bridgehead atoms. The van der Waals surface area contributed by atoms with Crippen molar-refractivity contribution in [1.82, 2.24) is 20.8 Å². The van der Waals surface area contributed by atoms with E-state index >= 15 is 0 Å². The second kappa shape index (κ2) is 10.8. The number of nitrogens with one attached hydrogen (secondary N) is 2. The van der Waals surface area contributed by atoms with Crippen molar-refractivity contribution in [3.63, 3.8) is 0 Å². The summed E-state index contributed by atoms with van der Waals surface area (Å²) in [6.07, 6.45) is -6.65. The summed E-state index contributed by atoms with van der Waals surface area (Å²) in [6.45, 7) is 7.37. The van der Waals surface area contributed by atoms with Gasteiger partial charge in [-0.3, -0.25) is 4.79 Å². The van der Waals surface area contributed by atoms with Gasteiger partial charge in [-0.05, 0) is 62.3 Å². The summed E-state index contributed by atoms with van der Waals surface area (Å²) in [6, 6.07) is 0.900. The van der Waals surface area contributed by atoms with Gasteiger partial charge in [0.05, 0.1) is 17.7 Å². The fourth-order valence-electron chi connectivity index (χ4n) is 4.08. The van der Waals surface area contributed by atoms with Crippen LogP contribution in [0.15, 0.2) is 22.7 Å². The maximum Gasteiger partial charge on any atom is 0.416 e. The number of nitrogens with zero attached hydrogens (tertiary/aromatic N) is 2. The Labute approximate surface area is 205 Å². The van der Waals surface area contributed by atoms with Crippen LogP contribution in [0.5, 0.6) is 0 Å². The highest BCUT2D eigenvalue weighted by atomic mass is 19.4. The number of halogens is 6. The van der Waals surface area contributed by atoms with Crippen LogP contribution >= 0.6 is 0 Å². The first kappa shape index (κ1) is 27.9. The first-order valence-corrected chi connectivity index (χ1v) is 11.7. The summed E-state index contributed by atoms with van der Waals surface area (Å²) < 4.78 is 83.4. The summed E-state index contributed by atoms with van der Waals surface area (Å²) in [5, 5.41) is 9.79. The molecule has 1 aromatic heterocycles. The van der Waals surface area contributed by atoms with E-state index < -0.39 is 35.0 Å². The minimum Gasteiger partial charge on any atom is -0.352 e. The van der Waals surface area contributed by atoms with Crippen molar-refractivity contribution < 1.29 is 35.7 Å². The molecule has 0 radical (unpaired) electrons. The molecular formula is C24H30F6N4O2. The molecule has 12 heteroatoms. The molecule has 1 saturated carbocycles. The van der Waals surface area contributed by atoms with Crippen molar-refractivity contribution in [3.8, 4) is 0 Å². The van der Waals surface area contributed by atoms with E-state index in [1.54, 1.807) is 0 Å². The Balaban J connectivity index is 1.45. The van der Waals surface area contributed by atoms with E-state index in [0.717, 1.165) is 32.2 Å². The Bertz CT molecular complexity index is 1000. The number of hydrogen-bond donors (Lipinski definition) is 2. The molecule has 200 valence electrons. The first-order chi connectivity index (χ1) is 16.6. The third kappa shape index (κ3) is 7.68. The van der Waals surface area contributed by atoms with Gasteiger partial charge in [0.1, 0.15) is 0 Å². The van der Waals surface area contributed by atoms with E-state index in [2.05, 4.69) is 20.8 Å². The topological polar surface area (TPSA) is 80.0 Å². The third-order valence-electron chi connectivity index (χ3n) is 6.19. The molecule has 3 rings (SSSR count). The number of alkyl halides is 6. The highest BCUT2D eigenvalue weighted by molar-refractivity contribution is 5.94. The summed E-state index contributed by atoms with van der Waals surface area (Å²) in [7, 11) is 0. The molecule has 1 fully saturated rings. The van der Waals surface area contributed by atoms with E-state index in [0.29, 0.717) is 36.3 Å². The van der Waals surface area contributed by atoms with Crippen molar-refractivity contribution >= 4 is 5.91 Å². The second-order valence-corrected chi connectivity index (χ2v) is 10.3. The maximum absolute atomic E-state index is 13.0. The van der Waals surface area contributed by atoms with Crippen molar-refractivity contribution in [1.29, 1.82) is 0 Å². The van der Waals surface area contributed by atoms with Gasteiger partial charge >= 0.3 is 12.4 Å². The molecule has 1 aromatic carbocycles. The summed E-state index contributed by atoms with van der Waals surface area (Å²) >= 11 is 0. The molecule has 0 atom stereocenters. The van der Waals surface area contributed by atoms with Crippen LogP contribution in [0.4, 0.5) is 26.3 Å². The molecule has 0 aliphatic heterocycles. The third-order valence-corrected chi connectivity index (χ3v) is 6.19. The Kier molecular flexibility index (Phi) is 8.37. The molecule has 6 nitrogen and oxygen atoms in total. The summed E-state index contributed by atoms with van der Waals surface area (Å²) in [4.78, 5) is 16.7. The lowest BCUT2D eigenvalue weighted by molar-refractivity contribution is -0.143. The molecule has 0 saturated heterocycles. The summed E-state index contributed by atoms with van der Waals surface area (Å²) in [5.41, 5.74) is -3.90. The van der Waals surface area contributed by atoms with Crippen LogP contribution < -0.4 is 10.6 Å². The van der Waals surface area contributed by atoms with Gasteiger partial charge in [0.25, 0.3) is 5.91 Å². The predicted molar refractivity (Wildman–Crippen MR) is 119 cm³/mol. The van der Waals surface area contributed by atoms with Crippen LogP contribution in [0.1, 0.15) is 79.7 Å². The molecule has 1 aliphatic carbocycles. The number of carbonyl (C=O) groups excluding carboxylic acids is 1. The lowest BCUT2D eigenvalue weighted by atomic mass is 9.82. The Hall–Kier alpha value is -2.63. The molecule has 36 heavy (non-hydrogen) atoms. The minimum absolute atomic E-state index is 0.00821. The molecule has 2 N–H and O–H groups in total. The Morgan fingerprint density at radius 2 is 1.44 bits per heavy atom. The largest absolute Gasteiger partial charge is 0.416 e. The Morgan fingerprint density at radius 1 is 0.917 bits per heavy atom. The van der Waals surface area contributed by atoms with Gasteiger partial charge in [0, 0.05) is 17.5 Å². The number of carbonyl (C=O) groups is 1. The average molecular weight is 521 g/mol. The van der Waals surface area contributed by atoms with E-state index in [9.17, 15) is 31.1 Å². The number of rotatable bonds is 7. The highest BCUT2D eigenvalue weighted by Gasteiger charge is 2.37. The van der Waals surface area contributed by atoms with Gasteiger partial charge in [-0.15, -0.1) is 0 Å². The number of benzene rings is 1. The van der Waals surface area contributed by atoms with E-state index in [4.69, 9.17) is 4.52 Å². The molecule has 2 aromatic rings. The number of aromatic nitrogens is 2. The minimum atomic E-state index is -5.00. The normalized spacial score (nSPS) is 19.4. The lowest BCUT2D eigenvalue weighted by Gasteiger charge is -2.28. The first-order valence-electron chi connectivity index (χ1n) is 11.7. The smallest absolute Gasteiger partial charge is 0.352 e. The van der Waals surface area contributed by atoms with Gasteiger partial charge in [-0.25, -0.2) is 0 Å². The van der Waals surface area contributed by atoms with Crippen molar-refractivity contribution in [2.24, 2.45) is 11.8 Å². The van der Waals surface area contributed by atoms with E-state index in [1.165, 1.54) is 0 Å². The second-order valence-electron chi connectivity index (χ2n) is 10.3. The Morgan fingerprint density at radius 3 is 1.92 bits per heavy atom. The van der Waals surface area contributed by atoms with Crippen LogP contribution in [-0.2, 0) is 24.3 Å². The standard InChI is InChI=1S/C24H30F6N4O2/c1-22(2,3)21-33-19(34-36-21)13-31-11-14-4-6-15(7-5-14)12-32-20(35)16-8-17(23(25,26)27)10-18(9-16)24(28,29)30/h8-10,14-15,31H,4-7,11-13H2,1-3H3,(H,32,35). The van der Waals surface area contributed by atoms with E-state index in [1.807, 2.05) is 20.8 Å². The fourth-order valence-corrected chi connectivity index (χ4v) is 4.08. The van der Waals surface area contributed by atoms with Crippen molar-refractivity contribution in [3.05, 3.63) is 46.6 Å². The predicted octanol–water partition coefficient (Wildman–Crippen LogP) is 5.73. The van der Waals surface area contributed by atoms with Crippen molar-refractivity contribution in [2.45, 2.75) is 70.8 Å². The number of amides is 1. The quantitative estimate of drug-likeness (QED) is 0.456. The van der Waals surface area contributed by atoms with E-state index in [-0.39, 0.29) is 23.9 Å². The van der Waals surface area contributed by atoms with Crippen LogP contribution in [-0.4, -0.2) is 29.1 Å². The van der Waals surface area contributed by atoms with Crippen LogP contribution in [0.2, 0.25) is 0 Å². The molecule has 1 aliphatic rings. The number of hydrogen-bond acceptors (Lipinski definition) is 5. The van der Waals surface area contributed by atoms with Gasteiger partial charge in [0.15, 0.2) is 5.82 Å². The molecule has 0 unspecified atom stereocenters. The lowest BCUT2D eigenvalue weighted by Crippen LogP contribution is -2.33. The van der Waals surface area contributed by atoms with Gasteiger partial charge < -0.3 is 15.2 Å². The molecule has 1 amide bonds. The van der Waals surface area contributed by atoms with Gasteiger partial charge in [0.2, 0.25) is 5.89 Å². The highest BCUT2D eigenvalue weighted by Crippen LogP contribution is 2.36. The van der Waals surface area contributed by atoms with Gasteiger partial charge in [-0.1, -0.05) is 25.9 Å². The molecule has 1 heterocycles. The van der Waals surface area contributed by atoms with Gasteiger partial charge in [-0.2, -0.15) is 31.3 Å². The maximum atomic E-state index is 13.0. The zero-order chi connectivity index (χ0) is 26.7. The van der Waals surface area contributed by atoms with Crippen LogP contribution in [0.25, 0.3) is 0 Å². The zero-order valence-corrected chi connectivity index (χ0v) is 20.3. The fraction of sp³-hybridized carbons (Fsp3) is 0.625. The zero-order valence-electron chi connectivity index (χ0n) is 20.3.